The van der Waals surface area contributed by atoms with E-state index in [9.17, 15) is 9.90 Å². The molecule has 108 valence electrons. The van der Waals surface area contributed by atoms with Crippen molar-refractivity contribution in [2.45, 2.75) is 13.0 Å². The summed E-state index contributed by atoms with van der Waals surface area (Å²) >= 11 is 7.54. The number of hydrogen-bond acceptors (Lipinski definition) is 5. The lowest BCUT2D eigenvalue weighted by Gasteiger charge is -2.03. The Morgan fingerprint density at radius 1 is 1.38 bits per heavy atom. The summed E-state index contributed by atoms with van der Waals surface area (Å²) in [6.45, 7) is 0.455. The number of nitrogens with zero attached hydrogens (tertiary/aromatic N) is 3. The maximum atomic E-state index is 11.7. The van der Waals surface area contributed by atoms with Crippen LogP contribution in [0.4, 0.5) is 0 Å². The van der Waals surface area contributed by atoms with Gasteiger partial charge >= 0.3 is 0 Å². The lowest BCUT2D eigenvalue weighted by Crippen LogP contribution is -2.02. The normalized spacial score (nSPS) is 17.3. The first-order chi connectivity index (χ1) is 10.2. The zero-order valence-electron chi connectivity index (χ0n) is 11.0. The van der Waals surface area contributed by atoms with Gasteiger partial charge in [-0.3, -0.25) is 4.79 Å². The van der Waals surface area contributed by atoms with E-state index in [4.69, 9.17) is 11.6 Å². The van der Waals surface area contributed by atoms with Crippen LogP contribution in [0.3, 0.4) is 0 Å². The van der Waals surface area contributed by atoms with Gasteiger partial charge in [0.1, 0.15) is 0 Å². The van der Waals surface area contributed by atoms with Gasteiger partial charge in [0.05, 0.1) is 11.4 Å². The largest absolute Gasteiger partial charge is 0.504 e. The zero-order chi connectivity index (χ0) is 14.8. The molecule has 1 aliphatic rings. The summed E-state index contributed by atoms with van der Waals surface area (Å²) in [5.74, 6) is 0.423. The summed E-state index contributed by atoms with van der Waals surface area (Å²) in [7, 11) is 0. The Morgan fingerprint density at radius 2 is 2.14 bits per heavy atom. The van der Waals surface area contributed by atoms with Crippen LogP contribution >= 0.6 is 23.4 Å². The van der Waals surface area contributed by atoms with Gasteiger partial charge in [-0.25, -0.2) is 4.68 Å². The smallest absolute Gasteiger partial charge is 0.173 e. The summed E-state index contributed by atoms with van der Waals surface area (Å²) in [4.78, 5) is 12.0. The fourth-order valence-corrected chi connectivity index (χ4v) is 3.26. The number of rotatable bonds is 3. The van der Waals surface area contributed by atoms with Gasteiger partial charge < -0.3 is 5.11 Å². The fraction of sp³-hybridized carbons (Fsp3) is 0.214. The van der Waals surface area contributed by atoms with Crippen LogP contribution < -0.4 is 0 Å². The molecule has 7 heteroatoms. The van der Waals surface area contributed by atoms with E-state index in [2.05, 4.69) is 10.3 Å². The Balaban J connectivity index is 1.91. The molecule has 5 nitrogen and oxygen atoms in total. The third-order valence-electron chi connectivity index (χ3n) is 3.12. The fourth-order valence-electron chi connectivity index (χ4n) is 2.05. The number of hydrogen-bond donors (Lipinski definition) is 1. The molecule has 2 aromatic rings. The number of thioether (sulfide) groups is 1. The Labute approximate surface area is 130 Å². The van der Waals surface area contributed by atoms with Crippen molar-refractivity contribution in [2.75, 3.05) is 5.75 Å². The van der Waals surface area contributed by atoms with Crippen molar-refractivity contribution in [3.05, 3.63) is 51.6 Å². The van der Waals surface area contributed by atoms with E-state index in [1.54, 1.807) is 0 Å². The molecule has 0 saturated carbocycles. The van der Waals surface area contributed by atoms with E-state index >= 15 is 0 Å². The highest BCUT2D eigenvalue weighted by Crippen LogP contribution is 2.34. The quantitative estimate of drug-likeness (QED) is 0.695. The first kappa shape index (κ1) is 14.2. The Morgan fingerprint density at radius 3 is 2.81 bits per heavy atom. The van der Waals surface area contributed by atoms with Crippen LogP contribution in [0.25, 0.3) is 5.76 Å². The number of allylic oxidation sites excluding steroid dienone is 1. The minimum atomic E-state index is -0.174. The number of aliphatic hydroxyl groups excluding tert-OH is 1. The number of aromatic nitrogens is 3. The molecule has 0 radical (unpaired) electrons. The molecule has 1 aliphatic heterocycles. The molecular weight excluding hydrogens is 310 g/mol. The first-order valence-corrected chi connectivity index (χ1v) is 7.75. The van der Waals surface area contributed by atoms with Crippen molar-refractivity contribution in [1.82, 2.24) is 15.0 Å². The average molecular weight is 322 g/mol. The topological polar surface area (TPSA) is 68.0 Å². The maximum Gasteiger partial charge on any atom is 0.173 e. The SMILES string of the molecule is O=C1CCS/C1=C(/O)c1nnn(Cc2ccccc2)c1Cl. The number of Topliss-reactive ketones (excluding diaryl/α,β-unsaturated/α-hetero) is 1. The molecule has 1 fully saturated rings. The van der Waals surface area contributed by atoms with Crippen molar-refractivity contribution < 1.29 is 9.90 Å². The third kappa shape index (κ3) is 2.82. The third-order valence-corrected chi connectivity index (χ3v) is 4.61. The summed E-state index contributed by atoms with van der Waals surface area (Å²) < 4.78 is 1.49. The van der Waals surface area contributed by atoms with E-state index in [-0.39, 0.29) is 22.4 Å². The number of halogens is 1. The molecule has 0 atom stereocenters. The van der Waals surface area contributed by atoms with Crippen LogP contribution in [-0.2, 0) is 11.3 Å². The molecule has 3 rings (SSSR count). The Hall–Kier alpha value is -1.79. The minimum absolute atomic E-state index is 0.0776. The van der Waals surface area contributed by atoms with Crippen LogP contribution in [-0.4, -0.2) is 31.6 Å². The number of carbonyl (C=O) groups is 1. The molecule has 1 aromatic heterocycles. The van der Waals surface area contributed by atoms with Crippen LogP contribution in [0.5, 0.6) is 0 Å². The van der Waals surface area contributed by atoms with Crippen LogP contribution in [0.1, 0.15) is 17.7 Å². The zero-order valence-corrected chi connectivity index (χ0v) is 12.6. The van der Waals surface area contributed by atoms with Gasteiger partial charge in [-0.15, -0.1) is 16.9 Å². The number of benzene rings is 1. The molecular formula is C14H12ClN3O2S. The van der Waals surface area contributed by atoms with E-state index in [1.807, 2.05) is 30.3 Å². The summed E-state index contributed by atoms with van der Waals surface area (Å²) in [5.41, 5.74) is 1.18. The van der Waals surface area contributed by atoms with E-state index in [0.29, 0.717) is 23.6 Å². The van der Waals surface area contributed by atoms with Crippen molar-refractivity contribution in [1.29, 1.82) is 0 Å². The standard InChI is InChI=1S/C14H12ClN3O2S/c15-14-11(12(20)13-10(19)6-7-21-13)16-17-18(14)8-9-4-2-1-3-5-9/h1-5,20H,6-8H2/b13-12+. The maximum absolute atomic E-state index is 11.7. The number of carbonyl (C=O) groups excluding carboxylic acids is 1. The second-order valence-corrected chi connectivity index (χ2v) is 6.03. The summed E-state index contributed by atoms with van der Waals surface area (Å²) in [6, 6.07) is 9.68. The van der Waals surface area contributed by atoms with Gasteiger partial charge in [0.2, 0.25) is 0 Å². The highest BCUT2D eigenvalue weighted by molar-refractivity contribution is 8.04. The molecule has 1 N–H and O–H groups in total. The van der Waals surface area contributed by atoms with E-state index < -0.39 is 0 Å². The highest BCUT2D eigenvalue weighted by atomic mass is 35.5. The molecule has 0 amide bonds. The predicted octanol–water partition coefficient (Wildman–Crippen LogP) is 2.91. The number of ketones is 1. The second kappa shape index (κ2) is 5.91. The predicted molar refractivity (Wildman–Crippen MR) is 82.2 cm³/mol. The van der Waals surface area contributed by atoms with Crippen molar-refractivity contribution in [2.24, 2.45) is 0 Å². The van der Waals surface area contributed by atoms with Gasteiger partial charge in [0.25, 0.3) is 0 Å². The van der Waals surface area contributed by atoms with E-state index in [0.717, 1.165) is 5.56 Å². The van der Waals surface area contributed by atoms with Crippen LogP contribution in [0.2, 0.25) is 5.15 Å². The molecule has 0 bridgehead atoms. The molecule has 0 aliphatic carbocycles. The Bertz CT molecular complexity index is 712. The average Bonchev–Trinajstić information content (AvgIpc) is 3.07. The summed E-state index contributed by atoms with van der Waals surface area (Å²) in [6.07, 6.45) is 0.430. The van der Waals surface area contributed by atoms with Crippen molar-refractivity contribution in [3.8, 4) is 0 Å². The molecule has 2 heterocycles. The van der Waals surface area contributed by atoms with E-state index in [1.165, 1.54) is 16.4 Å². The molecule has 0 spiro atoms. The first-order valence-electron chi connectivity index (χ1n) is 6.39. The van der Waals surface area contributed by atoms with Gasteiger partial charge in [0.15, 0.2) is 22.4 Å². The Kier molecular flexibility index (Phi) is 3.98. The molecule has 21 heavy (non-hydrogen) atoms. The lowest BCUT2D eigenvalue weighted by molar-refractivity contribution is -0.114. The lowest BCUT2D eigenvalue weighted by atomic mass is 10.2. The molecule has 1 aromatic carbocycles. The van der Waals surface area contributed by atoms with Crippen LogP contribution in [0.15, 0.2) is 35.2 Å². The highest BCUT2D eigenvalue weighted by Gasteiger charge is 2.26. The molecule has 1 saturated heterocycles. The second-order valence-electron chi connectivity index (χ2n) is 4.57. The van der Waals surface area contributed by atoms with Crippen molar-refractivity contribution in [3.63, 3.8) is 0 Å². The van der Waals surface area contributed by atoms with Gasteiger partial charge in [0, 0.05) is 12.2 Å². The summed E-state index contributed by atoms with van der Waals surface area (Å²) in [5, 5.41) is 18.3. The van der Waals surface area contributed by atoms with Gasteiger partial charge in [-0.2, -0.15) is 0 Å². The van der Waals surface area contributed by atoms with Gasteiger partial charge in [-0.05, 0) is 5.56 Å². The van der Waals surface area contributed by atoms with Crippen LogP contribution in [0, 0.1) is 0 Å². The number of aliphatic hydroxyl groups is 1. The van der Waals surface area contributed by atoms with Gasteiger partial charge in [-0.1, -0.05) is 47.1 Å². The molecule has 0 unspecified atom stereocenters. The van der Waals surface area contributed by atoms with Crippen molar-refractivity contribution >= 4 is 34.9 Å². The minimum Gasteiger partial charge on any atom is -0.504 e. The monoisotopic (exact) mass is 321 g/mol.